The topological polar surface area (TPSA) is 74.6 Å². The molecule has 6 heteroatoms. The lowest BCUT2D eigenvalue weighted by Gasteiger charge is -1.74. The van der Waals surface area contributed by atoms with Gasteiger partial charge in [0.05, 0.1) is 5.34 Å². The first-order chi connectivity index (χ1) is 5.04. The van der Waals surface area contributed by atoms with Gasteiger partial charge in [-0.3, -0.25) is 0 Å². The average molecular weight is 201 g/mol. The summed E-state index contributed by atoms with van der Waals surface area (Å²) in [5.74, 6) is -2.51. The van der Waals surface area contributed by atoms with Crippen LogP contribution in [0.1, 0.15) is 0 Å². The average Bonchev–Trinajstić information content (AvgIpc) is 1.85. The molecule has 0 saturated heterocycles. The van der Waals surface area contributed by atoms with Gasteiger partial charge in [0.25, 0.3) is 0 Å². The Hall–Kier alpha value is -0.740. The van der Waals surface area contributed by atoms with Crippen LogP contribution in [-0.4, -0.2) is 27.5 Å². The number of carboxylic acids is 2. The molecule has 4 nitrogen and oxygen atoms in total. The Morgan fingerprint density at radius 1 is 1.09 bits per heavy atom. The van der Waals surface area contributed by atoms with E-state index in [-0.39, 0.29) is 5.34 Å². The molecular formula is C5H6Cl2O4. The van der Waals surface area contributed by atoms with Gasteiger partial charge in [0.1, 0.15) is 0 Å². The maximum Gasteiger partial charge on any atom is 0.328 e. The van der Waals surface area contributed by atoms with Crippen molar-refractivity contribution in [1.82, 2.24) is 0 Å². The molecule has 0 rings (SSSR count). The fraction of sp³-hybridized carbons (Fsp3) is 0.200. The monoisotopic (exact) mass is 200 g/mol. The third kappa shape index (κ3) is 26.9. The summed E-state index contributed by atoms with van der Waals surface area (Å²) in [6, 6.07) is 0. The lowest BCUT2D eigenvalue weighted by molar-refractivity contribution is -0.134. The van der Waals surface area contributed by atoms with Crippen LogP contribution in [0.15, 0.2) is 12.2 Å². The molecule has 0 amide bonds. The zero-order chi connectivity index (χ0) is 9.28. The number of rotatable bonds is 2. The van der Waals surface area contributed by atoms with Crippen LogP contribution in [0, 0.1) is 0 Å². The maximum atomic E-state index is 9.55. The van der Waals surface area contributed by atoms with Gasteiger partial charge in [0.15, 0.2) is 0 Å². The van der Waals surface area contributed by atoms with Crippen molar-refractivity contribution >= 4 is 35.1 Å². The van der Waals surface area contributed by atoms with E-state index in [9.17, 15) is 9.59 Å². The van der Waals surface area contributed by atoms with Gasteiger partial charge in [0.2, 0.25) is 0 Å². The predicted octanol–water partition coefficient (Wildman–Crippen LogP) is 1.13. The largest absolute Gasteiger partial charge is 0.478 e. The van der Waals surface area contributed by atoms with Crippen LogP contribution >= 0.6 is 23.2 Å². The van der Waals surface area contributed by atoms with Crippen molar-refractivity contribution in [2.45, 2.75) is 0 Å². The standard InChI is InChI=1S/C4H4O4.CH2Cl2/c5-3(6)1-2-4(7)8;2-1-3/h1-2H,(H,5,6)(H,7,8);1H2/b2-1-;. The van der Waals surface area contributed by atoms with Crippen molar-refractivity contribution < 1.29 is 19.8 Å². The Morgan fingerprint density at radius 3 is 1.36 bits per heavy atom. The van der Waals surface area contributed by atoms with Crippen molar-refractivity contribution in [2.24, 2.45) is 0 Å². The first-order valence-corrected chi connectivity index (χ1v) is 3.37. The molecule has 0 aromatic heterocycles. The summed E-state index contributed by atoms with van der Waals surface area (Å²) in [4.78, 5) is 19.1. The molecule has 0 aliphatic rings. The summed E-state index contributed by atoms with van der Waals surface area (Å²) >= 11 is 9.53. The minimum absolute atomic E-state index is 0.194. The summed E-state index contributed by atoms with van der Waals surface area (Å²) in [5, 5.41) is 15.8. The van der Waals surface area contributed by atoms with Gasteiger partial charge in [0, 0.05) is 12.2 Å². The van der Waals surface area contributed by atoms with Crippen molar-refractivity contribution in [3.63, 3.8) is 0 Å². The Bertz CT molecular complexity index is 139. The number of carbonyl (C=O) groups is 2. The highest BCUT2D eigenvalue weighted by molar-refractivity contribution is 6.40. The Kier molecular flexibility index (Phi) is 10.9. The van der Waals surface area contributed by atoms with Crippen LogP contribution in [0.4, 0.5) is 0 Å². The van der Waals surface area contributed by atoms with Gasteiger partial charge in [-0.1, -0.05) is 0 Å². The van der Waals surface area contributed by atoms with Gasteiger partial charge in [-0.2, -0.15) is 0 Å². The summed E-state index contributed by atoms with van der Waals surface area (Å²) in [6.45, 7) is 0. The van der Waals surface area contributed by atoms with Gasteiger partial charge in [-0.05, 0) is 0 Å². The SMILES string of the molecule is ClCCl.O=C(O)/C=C\C(=O)O. The number of hydrogen-bond donors (Lipinski definition) is 2. The molecule has 64 valence electrons. The molecule has 0 heterocycles. The second-order valence-corrected chi connectivity index (χ2v) is 1.92. The third-order valence-electron chi connectivity index (χ3n) is 0.368. The number of hydrogen-bond acceptors (Lipinski definition) is 2. The van der Waals surface area contributed by atoms with E-state index in [4.69, 9.17) is 33.4 Å². The molecule has 0 spiro atoms. The quantitative estimate of drug-likeness (QED) is 0.518. The fourth-order valence-electron chi connectivity index (χ4n) is 0.143. The molecule has 0 aliphatic carbocycles. The highest BCUT2D eigenvalue weighted by Crippen LogP contribution is 1.73. The zero-order valence-electron chi connectivity index (χ0n) is 5.33. The van der Waals surface area contributed by atoms with Crippen LogP contribution in [-0.2, 0) is 9.59 Å². The van der Waals surface area contributed by atoms with Crippen LogP contribution in [0.5, 0.6) is 0 Å². The fourth-order valence-corrected chi connectivity index (χ4v) is 0.143. The molecule has 0 fully saturated rings. The number of carboxylic acid groups (broad SMARTS) is 2. The molecule has 0 radical (unpaired) electrons. The normalized spacial score (nSPS) is 8.55. The summed E-state index contributed by atoms with van der Waals surface area (Å²) in [5.41, 5.74) is 0. The van der Waals surface area contributed by atoms with Gasteiger partial charge in [-0.25, -0.2) is 9.59 Å². The molecule has 2 N–H and O–H groups in total. The second kappa shape index (κ2) is 9.26. The molecule has 0 aliphatic heterocycles. The lowest BCUT2D eigenvalue weighted by Crippen LogP contribution is -1.91. The molecule has 0 aromatic carbocycles. The van der Waals surface area contributed by atoms with Crippen LogP contribution < -0.4 is 0 Å². The molecule has 0 saturated carbocycles. The second-order valence-electron chi connectivity index (χ2n) is 1.11. The minimum atomic E-state index is -1.26. The molecular weight excluding hydrogens is 195 g/mol. The van der Waals surface area contributed by atoms with E-state index in [2.05, 4.69) is 0 Å². The lowest BCUT2D eigenvalue weighted by atomic mass is 10.5. The summed E-state index contributed by atoms with van der Waals surface area (Å²) in [6.07, 6.45) is 1.12. The van der Waals surface area contributed by atoms with Crippen molar-refractivity contribution in [2.75, 3.05) is 5.34 Å². The van der Waals surface area contributed by atoms with E-state index in [1.54, 1.807) is 0 Å². The van der Waals surface area contributed by atoms with E-state index in [0.29, 0.717) is 12.2 Å². The molecule has 0 bridgehead atoms. The van der Waals surface area contributed by atoms with E-state index in [1.807, 2.05) is 0 Å². The summed E-state index contributed by atoms with van der Waals surface area (Å²) < 4.78 is 0. The third-order valence-corrected chi connectivity index (χ3v) is 0.368. The molecule has 11 heavy (non-hydrogen) atoms. The number of halogens is 2. The molecule has 0 atom stereocenters. The van der Waals surface area contributed by atoms with E-state index < -0.39 is 11.9 Å². The van der Waals surface area contributed by atoms with Gasteiger partial charge < -0.3 is 10.2 Å². The van der Waals surface area contributed by atoms with Gasteiger partial charge >= 0.3 is 11.9 Å². The zero-order valence-corrected chi connectivity index (χ0v) is 6.84. The van der Waals surface area contributed by atoms with Crippen LogP contribution in [0.2, 0.25) is 0 Å². The van der Waals surface area contributed by atoms with Crippen LogP contribution in [0.25, 0.3) is 0 Å². The highest BCUT2D eigenvalue weighted by atomic mass is 35.5. The van der Waals surface area contributed by atoms with E-state index in [0.717, 1.165) is 0 Å². The first-order valence-electron chi connectivity index (χ1n) is 2.30. The van der Waals surface area contributed by atoms with Crippen molar-refractivity contribution in [1.29, 1.82) is 0 Å². The maximum absolute atomic E-state index is 9.55. The van der Waals surface area contributed by atoms with Crippen molar-refractivity contribution in [3.8, 4) is 0 Å². The van der Waals surface area contributed by atoms with Crippen molar-refractivity contribution in [3.05, 3.63) is 12.2 Å². The Balaban J connectivity index is 0. The first kappa shape index (κ1) is 12.9. The van der Waals surface area contributed by atoms with Crippen LogP contribution in [0.3, 0.4) is 0 Å². The predicted molar refractivity (Wildman–Crippen MR) is 41.0 cm³/mol. The number of alkyl halides is 2. The Morgan fingerprint density at radius 2 is 1.27 bits per heavy atom. The Labute approximate surface area is 73.0 Å². The molecule has 0 aromatic rings. The van der Waals surface area contributed by atoms with Gasteiger partial charge in [-0.15, -0.1) is 23.2 Å². The summed E-state index contributed by atoms with van der Waals surface area (Å²) in [7, 11) is 0. The smallest absolute Gasteiger partial charge is 0.328 e. The molecule has 0 unspecified atom stereocenters. The van der Waals surface area contributed by atoms with E-state index in [1.165, 1.54) is 0 Å². The minimum Gasteiger partial charge on any atom is -0.478 e. The van der Waals surface area contributed by atoms with E-state index >= 15 is 0 Å². The number of aliphatic carboxylic acids is 2. The highest BCUT2D eigenvalue weighted by Gasteiger charge is 1.88.